The van der Waals surface area contributed by atoms with E-state index in [4.69, 9.17) is 10.8 Å². The molecule has 86 valence electrons. The minimum absolute atomic E-state index is 0.0189. The Labute approximate surface area is 92.5 Å². The predicted molar refractivity (Wildman–Crippen MR) is 58.0 cm³/mol. The minimum Gasteiger partial charge on any atom is -0.465 e. The van der Waals surface area contributed by atoms with Crippen LogP contribution < -0.4 is 5.73 Å². The van der Waals surface area contributed by atoms with Gasteiger partial charge in [0.1, 0.15) is 6.17 Å². The third kappa shape index (κ3) is 1.93. The van der Waals surface area contributed by atoms with E-state index in [1.165, 1.54) is 0 Å². The summed E-state index contributed by atoms with van der Waals surface area (Å²) in [6, 6.07) is 6.49. The monoisotopic (exact) mass is 224 g/mol. The number of carboxylic acid groups (broad SMARTS) is 1. The van der Waals surface area contributed by atoms with Crippen molar-refractivity contribution in [3.8, 4) is 0 Å². The first-order chi connectivity index (χ1) is 7.58. The molecule has 0 bridgehead atoms. The maximum atomic E-state index is 13.2. The highest BCUT2D eigenvalue weighted by Crippen LogP contribution is 2.25. The van der Waals surface area contributed by atoms with Crippen molar-refractivity contribution in [3.05, 3.63) is 29.8 Å². The number of hydrogen-bond donors (Lipinski definition) is 2. The number of amides is 1. The summed E-state index contributed by atoms with van der Waals surface area (Å²) in [5.41, 5.74) is 7.07. The molecule has 3 N–H and O–H groups in total. The van der Waals surface area contributed by atoms with E-state index in [1.807, 2.05) is 0 Å². The van der Waals surface area contributed by atoms with E-state index in [0.717, 1.165) is 10.5 Å². The summed E-state index contributed by atoms with van der Waals surface area (Å²) in [6.07, 6.45) is -1.73. The zero-order valence-corrected chi connectivity index (χ0v) is 8.64. The Morgan fingerprint density at radius 3 is 2.62 bits per heavy atom. The molecule has 1 aromatic rings. The summed E-state index contributed by atoms with van der Waals surface area (Å²) < 4.78 is 13.2. The zero-order valence-electron chi connectivity index (χ0n) is 8.64. The molecule has 4 nitrogen and oxygen atoms in total. The fraction of sp³-hybridized carbons (Fsp3) is 0.364. The molecule has 5 heteroatoms. The van der Waals surface area contributed by atoms with Crippen molar-refractivity contribution >= 4 is 11.8 Å². The van der Waals surface area contributed by atoms with Gasteiger partial charge in [0.25, 0.3) is 0 Å². The lowest BCUT2D eigenvalue weighted by Crippen LogP contribution is -2.60. The van der Waals surface area contributed by atoms with Gasteiger partial charge in [-0.25, -0.2) is 9.18 Å². The summed E-state index contributed by atoms with van der Waals surface area (Å²) >= 11 is 0. The van der Waals surface area contributed by atoms with Crippen LogP contribution in [0.5, 0.6) is 0 Å². The molecule has 0 saturated carbocycles. The van der Waals surface area contributed by atoms with Gasteiger partial charge in [0.2, 0.25) is 0 Å². The number of carbonyl (C=O) groups is 1. The number of benzene rings is 1. The van der Waals surface area contributed by atoms with Crippen molar-refractivity contribution in [2.45, 2.75) is 18.6 Å². The molecule has 1 aliphatic rings. The van der Waals surface area contributed by atoms with Crippen LogP contribution in [0.3, 0.4) is 0 Å². The fourth-order valence-corrected chi connectivity index (χ4v) is 1.86. The van der Waals surface area contributed by atoms with Crippen molar-refractivity contribution in [2.75, 3.05) is 12.3 Å². The molecule has 1 heterocycles. The number of hydrogen-bond acceptors (Lipinski definition) is 2. The first-order valence-electron chi connectivity index (χ1n) is 5.06. The predicted octanol–water partition coefficient (Wildman–Crippen LogP) is 1.51. The molecule has 16 heavy (non-hydrogen) atoms. The lowest BCUT2D eigenvalue weighted by molar-refractivity contribution is 0.00242. The van der Waals surface area contributed by atoms with Gasteiger partial charge in [0.05, 0.1) is 12.6 Å². The Balaban J connectivity index is 2.03. The summed E-state index contributed by atoms with van der Waals surface area (Å²) in [4.78, 5) is 11.8. The zero-order chi connectivity index (χ0) is 11.7. The Morgan fingerprint density at radius 2 is 2.12 bits per heavy atom. The molecule has 0 spiro atoms. The highest BCUT2D eigenvalue weighted by atomic mass is 19.1. The van der Waals surface area contributed by atoms with Gasteiger partial charge in [0.15, 0.2) is 0 Å². The lowest BCUT2D eigenvalue weighted by atomic mass is 9.94. The molecular formula is C11H13FN2O2. The number of halogens is 1. The smallest absolute Gasteiger partial charge is 0.407 e. The Hall–Kier alpha value is -1.78. The van der Waals surface area contributed by atoms with E-state index >= 15 is 0 Å². The van der Waals surface area contributed by atoms with Crippen molar-refractivity contribution < 1.29 is 14.3 Å². The van der Waals surface area contributed by atoms with Crippen LogP contribution >= 0.6 is 0 Å². The topological polar surface area (TPSA) is 66.6 Å². The van der Waals surface area contributed by atoms with Crippen LogP contribution in [-0.4, -0.2) is 34.9 Å². The summed E-state index contributed by atoms with van der Waals surface area (Å²) in [7, 11) is 0. The number of alkyl halides is 1. The Kier molecular flexibility index (Phi) is 2.68. The van der Waals surface area contributed by atoms with Crippen LogP contribution in [0.2, 0.25) is 0 Å². The highest BCUT2D eigenvalue weighted by Gasteiger charge is 2.42. The van der Waals surface area contributed by atoms with Gasteiger partial charge in [-0.15, -0.1) is 0 Å². The minimum atomic E-state index is -1.06. The summed E-state index contributed by atoms with van der Waals surface area (Å²) in [6.45, 7) is -0.0189. The molecule has 2 atom stereocenters. The van der Waals surface area contributed by atoms with Crippen molar-refractivity contribution in [2.24, 2.45) is 0 Å². The molecular weight excluding hydrogens is 211 g/mol. The highest BCUT2D eigenvalue weighted by molar-refractivity contribution is 5.67. The van der Waals surface area contributed by atoms with Gasteiger partial charge in [-0.1, -0.05) is 12.1 Å². The van der Waals surface area contributed by atoms with Gasteiger partial charge in [-0.2, -0.15) is 0 Å². The second-order valence-electron chi connectivity index (χ2n) is 3.96. The van der Waals surface area contributed by atoms with Crippen molar-refractivity contribution in [1.82, 2.24) is 4.90 Å². The number of likely N-dealkylation sites (tertiary alicyclic amines) is 1. The number of anilines is 1. The van der Waals surface area contributed by atoms with Gasteiger partial charge in [0, 0.05) is 5.69 Å². The van der Waals surface area contributed by atoms with Crippen LogP contribution in [0.4, 0.5) is 14.9 Å². The van der Waals surface area contributed by atoms with Crippen LogP contribution in [-0.2, 0) is 6.42 Å². The third-order valence-electron chi connectivity index (χ3n) is 2.86. The van der Waals surface area contributed by atoms with Gasteiger partial charge in [-0.3, -0.25) is 4.90 Å². The number of nitrogens with zero attached hydrogens (tertiary/aromatic N) is 1. The number of nitrogen functional groups attached to an aromatic ring is 1. The van der Waals surface area contributed by atoms with E-state index in [9.17, 15) is 9.18 Å². The van der Waals surface area contributed by atoms with Gasteiger partial charge < -0.3 is 10.8 Å². The lowest BCUT2D eigenvalue weighted by Gasteiger charge is -2.42. The van der Waals surface area contributed by atoms with Crippen LogP contribution in [0.1, 0.15) is 5.56 Å². The molecule has 1 aromatic carbocycles. The summed E-state index contributed by atoms with van der Waals surface area (Å²) in [5, 5.41) is 8.78. The second kappa shape index (κ2) is 4.00. The number of nitrogens with two attached hydrogens (primary N) is 1. The maximum absolute atomic E-state index is 13.2. The maximum Gasteiger partial charge on any atom is 0.407 e. The normalized spacial score (nSPS) is 23.9. The summed E-state index contributed by atoms with van der Waals surface area (Å²) in [5.74, 6) is 0. The van der Waals surface area contributed by atoms with Gasteiger partial charge in [-0.05, 0) is 24.1 Å². The first kappa shape index (κ1) is 10.7. The third-order valence-corrected chi connectivity index (χ3v) is 2.86. The Morgan fingerprint density at radius 1 is 1.50 bits per heavy atom. The molecule has 1 aliphatic heterocycles. The van der Waals surface area contributed by atoms with E-state index in [1.54, 1.807) is 24.3 Å². The fourth-order valence-electron chi connectivity index (χ4n) is 1.86. The molecule has 1 fully saturated rings. The van der Waals surface area contributed by atoms with E-state index in [0.29, 0.717) is 12.1 Å². The van der Waals surface area contributed by atoms with E-state index < -0.39 is 18.3 Å². The van der Waals surface area contributed by atoms with Crippen LogP contribution in [0.15, 0.2) is 24.3 Å². The van der Waals surface area contributed by atoms with E-state index in [-0.39, 0.29) is 6.54 Å². The Bertz CT molecular complexity index is 393. The van der Waals surface area contributed by atoms with Crippen molar-refractivity contribution in [1.29, 1.82) is 0 Å². The second-order valence-corrected chi connectivity index (χ2v) is 3.96. The molecule has 0 aromatic heterocycles. The molecule has 0 radical (unpaired) electrons. The van der Waals surface area contributed by atoms with Gasteiger partial charge >= 0.3 is 6.09 Å². The standard InChI is InChI=1S/C11H13FN2O2/c12-9-6-14(11(15)16)10(9)5-7-1-3-8(13)4-2-7/h1-4,9-10H,5-6,13H2,(H,15,16)/t9-,10-/m0/s1. The quantitative estimate of drug-likeness (QED) is 0.748. The molecule has 1 amide bonds. The average Bonchev–Trinajstić information content (AvgIpc) is 2.24. The van der Waals surface area contributed by atoms with E-state index in [2.05, 4.69) is 0 Å². The van der Waals surface area contributed by atoms with Crippen LogP contribution in [0, 0.1) is 0 Å². The number of rotatable bonds is 2. The molecule has 0 unspecified atom stereocenters. The molecule has 1 saturated heterocycles. The van der Waals surface area contributed by atoms with Crippen molar-refractivity contribution in [3.63, 3.8) is 0 Å². The molecule has 2 rings (SSSR count). The van der Waals surface area contributed by atoms with Crippen LogP contribution in [0.25, 0.3) is 0 Å². The SMILES string of the molecule is Nc1ccc(C[C@H]2[C@@H](F)CN2C(=O)O)cc1. The average molecular weight is 224 g/mol. The largest absolute Gasteiger partial charge is 0.465 e. The molecule has 0 aliphatic carbocycles. The first-order valence-corrected chi connectivity index (χ1v) is 5.06.